The number of nitriles is 1. The summed E-state index contributed by atoms with van der Waals surface area (Å²) in [6.07, 6.45) is 5.05. The molecule has 2 saturated heterocycles. The van der Waals surface area contributed by atoms with Gasteiger partial charge in [-0.3, -0.25) is 4.90 Å². The van der Waals surface area contributed by atoms with Crippen molar-refractivity contribution in [2.75, 3.05) is 18.8 Å². The fourth-order valence-corrected chi connectivity index (χ4v) is 4.02. The normalized spacial score (nSPS) is 35.7. The summed E-state index contributed by atoms with van der Waals surface area (Å²) in [6, 6.07) is 2.68. The lowest BCUT2D eigenvalue weighted by Gasteiger charge is -2.34. The second-order valence-electron chi connectivity index (χ2n) is 4.54. The highest BCUT2D eigenvalue weighted by atomic mass is 32.2. The van der Waals surface area contributed by atoms with E-state index in [9.17, 15) is 5.26 Å². The Labute approximate surface area is 90.7 Å². The monoisotopic (exact) mass is 210 g/mol. The van der Waals surface area contributed by atoms with Crippen molar-refractivity contribution >= 4 is 11.8 Å². The molecule has 0 aliphatic carbocycles. The summed E-state index contributed by atoms with van der Waals surface area (Å²) in [5.74, 6) is 1.24. The molecular formula is C11H18N2S. The molecule has 0 aromatic heterocycles. The molecule has 0 N–H and O–H groups in total. The standard InChI is InChI=1S/C11H18N2S/c1-11(5-4-8-14-11)10(9-12)13-6-2-3-7-13/h10H,2-8H2,1H3. The third-order valence-electron chi connectivity index (χ3n) is 3.46. The number of thioether (sulfide) groups is 1. The molecule has 14 heavy (non-hydrogen) atoms. The third kappa shape index (κ3) is 1.78. The Bertz CT molecular complexity index is 234. The molecule has 2 aliphatic rings. The summed E-state index contributed by atoms with van der Waals surface area (Å²) in [7, 11) is 0. The molecule has 2 rings (SSSR count). The zero-order valence-corrected chi connectivity index (χ0v) is 9.65. The maximum atomic E-state index is 9.31. The van der Waals surface area contributed by atoms with Gasteiger partial charge in [0.1, 0.15) is 6.04 Å². The van der Waals surface area contributed by atoms with Crippen LogP contribution in [0, 0.1) is 11.3 Å². The summed E-state index contributed by atoms with van der Waals surface area (Å²) in [5.41, 5.74) is 0. The highest BCUT2D eigenvalue weighted by Gasteiger charge is 2.41. The minimum atomic E-state index is 0.150. The van der Waals surface area contributed by atoms with E-state index in [-0.39, 0.29) is 10.8 Å². The molecule has 0 radical (unpaired) electrons. The van der Waals surface area contributed by atoms with E-state index in [1.807, 2.05) is 11.8 Å². The largest absolute Gasteiger partial charge is 0.287 e. The van der Waals surface area contributed by atoms with Gasteiger partial charge in [0.2, 0.25) is 0 Å². The Kier molecular flexibility index (Phi) is 3.04. The van der Waals surface area contributed by atoms with Crippen LogP contribution in [0.2, 0.25) is 0 Å². The highest BCUT2D eigenvalue weighted by molar-refractivity contribution is 8.00. The molecule has 3 heteroatoms. The predicted molar refractivity (Wildman–Crippen MR) is 60.3 cm³/mol. The quantitative estimate of drug-likeness (QED) is 0.699. The molecule has 0 amide bonds. The first-order valence-electron chi connectivity index (χ1n) is 5.54. The van der Waals surface area contributed by atoms with E-state index in [0.717, 1.165) is 13.1 Å². The maximum Gasteiger partial charge on any atom is 0.112 e. The zero-order chi connectivity index (χ0) is 10.0. The van der Waals surface area contributed by atoms with E-state index in [1.54, 1.807) is 0 Å². The predicted octanol–water partition coefficient (Wildman–Crippen LogP) is 2.26. The van der Waals surface area contributed by atoms with Gasteiger partial charge in [0.25, 0.3) is 0 Å². The van der Waals surface area contributed by atoms with Crippen LogP contribution in [-0.4, -0.2) is 34.5 Å². The molecule has 0 saturated carbocycles. The van der Waals surface area contributed by atoms with Gasteiger partial charge in [0, 0.05) is 4.75 Å². The maximum absolute atomic E-state index is 9.31. The Morgan fingerprint density at radius 3 is 2.57 bits per heavy atom. The van der Waals surface area contributed by atoms with Crippen LogP contribution in [0.1, 0.15) is 32.6 Å². The molecule has 0 bridgehead atoms. The smallest absolute Gasteiger partial charge is 0.112 e. The highest BCUT2D eigenvalue weighted by Crippen LogP contribution is 2.42. The van der Waals surface area contributed by atoms with Crippen LogP contribution in [0.15, 0.2) is 0 Å². The second-order valence-corrected chi connectivity index (χ2v) is 6.17. The van der Waals surface area contributed by atoms with Crippen molar-refractivity contribution in [3.63, 3.8) is 0 Å². The van der Waals surface area contributed by atoms with E-state index in [2.05, 4.69) is 17.9 Å². The van der Waals surface area contributed by atoms with Gasteiger partial charge in [-0.2, -0.15) is 17.0 Å². The van der Waals surface area contributed by atoms with Crippen molar-refractivity contribution in [1.29, 1.82) is 5.26 Å². The fourth-order valence-electron chi connectivity index (χ4n) is 2.62. The van der Waals surface area contributed by atoms with Crippen LogP contribution in [0.4, 0.5) is 0 Å². The van der Waals surface area contributed by atoms with Crippen molar-refractivity contribution in [2.24, 2.45) is 0 Å². The van der Waals surface area contributed by atoms with Crippen molar-refractivity contribution < 1.29 is 0 Å². The van der Waals surface area contributed by atoms with Gasteiger partial charge < -0.3 is 0 Å². The fraction of sp³-hybridized carbons (Fsp3) is 0.909. The second kappa shape index (κ2) is 4.12. The summed E-state index contributed by atoms with van der Waals surface area (Å²) < 4.78 is 0.207. The summed E-state index contributed by atoms with van der Waals surface area (Å²) in [5, 5.41) is 9.31. The molecule has 2 aliphatic heterocycles. The number of hydrogen-bond acceptors (Lipinski definition) is 3. The molecule has 2 atom stereocenters. The van der Waals surface area contributed by atoms with Crippen molar-refractivity contribution in [2.45, 2.75) is 43.4 Å². The van der Waals surface area contributed by atoms with E-state index >= 15 is 0 Å². The first-order valence-corrected chi connectivity index (χ1v) is 6.52. The Morgan fingerprint density at radius 1 is 1.36 bits per heavy atom. The van der Waals surface area contributed by atoms with Gasteiger partial charge in [-0.05, 0) is 51.4 Å². The van der Waals surface area contributed by atoms with E-state index in [1.165, 1.54) is 31.4 Å². The first-order chi connectivity index (χ1) is 6.76. The number of likely N-dealkylation sites (tertiary alicyclic amines) is 1. The minimum Gasteiger partial charge on any atom is -0.287 e. The topological polar surface area (TPSA) is 27.0 Å². The Balaban J connectivity index is 2.08. The molecule has 0 aromatic rings. The van der Waals surface area contributed by atoms with Crippen LogP contribution in [-0.2, 0) is 0 Å². The number of rotatable bonds is 2. The van der Waals surface area contributed by atoms with E-state index in [4.69, 9.17) is 0 Å². The lowest BCUT2D eigenvalue weighted by molar-refractivity contribution is 0.245. The van der Waals surface area contributed by atoms with Crippen LogP contribution < -0.4 is 0 Å². The van der Waals surface area contributed by atoms with Crippen molar-refractivity contribution in [1.82, 2.24) is 4.90 Å². The summed E-state index contributed by atoms with van der Waals surface area (Å²) in [4.78, 5) is 2.39. The van der Waals surface area contributed by atoms with Gasteiger partial charge in [-0.1, -0.05) is 0 Å². The van der Waals surface area contributed by atoms with Gasteiger partial charge >= 0.3 is 0 Å². The molecule has 2 unspecified atom stereocenters. The van der Waals surface area contributed by atoms with Crippen molar-refractivity contribution in [3.05, 3.63) is 0 Å². The van der Waals surface area contributed by atoms with Crippen LogP contribution >= 0.6 is 11.8 Å². The Morgan fingerprint density at radius 2 is 2.07 bits per heavy atom. The van der Waals surface area contributed by atoms with Gasteiger partial charge in [0.05, 0.1) is 6.07 Å². The number of nitrogens with zero attached hydrogens (tertiary/aromatic N) is 2. The average Bonchev–Trinajstić information content (AvgIpc) is 2.78. The molecular weight excluding hydrogens is 192 g/mol. The lowest BCUT2D eigenvalue weighted by Crippen LogP contribution is -2.45. The summed E-state index contributed by atoms with van der Waals surface area (Å²) >= 11 is 2.00. The molecule has 78 valence electrons. The van der Waals surface area contributed by atoms with Gasteiger partial charge in [0.15, 0.2) is 0 Å². The van der Waals surface area contributed by atoms with Crippen molar-refractivity contribution in [3.8, 4) is 6.07 Å². The molecule has 0 spiro atoms. The first kappa shape index (κ1) is 10.3. The minimum absolute atomic E-state index is 0.150. The zero-order valence-electron chi connectivity index (χ0n) is 8.83. The molecule has 2 fully saturated rings. The van der Waals surface area contributed by atoms with Gasteiger partial charge in [-0.25, -0.2) is 0 Å². The Hall–Kier alpha value is -0.200. The summed E-state index contributed by atoms with van der Waals surface area (Å²) in [6.45, 7) is 4.54. The number of hydrogen-bond donors (Lipinski definition) is 0. The molecule has 2 heterocycles. The SMILES string of the molecule is CC1(C(C#N)N2CCCC2)CCCS1. The molecule has 0 aromatic carbocycles. The van der Waals surface area contributed by atoms with E-state index < -0.39 is 0 Å². The lowest BCUT2D eigenvalue weighted by atomic mass is 9.96. The van der Waals surface area contributed by atoms with E-state index in [0.29, 0.717) is 0 Å². The third-order valence-corrected chi connectivity index (χ3v) is 5.04. The van der Waals surface area contributed by atoms with Crippen LogP contribution in [0.3, 0.4) is 0 Å². The van der Waals surface area contributed by atoms with Gasteiger partial charge in [-0.15, -0.1) is 0 Å². The average molecular weight is 210 g/mol. The molecule has 2 nitrogen and oxygen atoms in total. The van der Waals surface area contributed by atoms with Crippen LogP contribution in [0.25, 0.3) is 0 Å². The van der Waals surface area contributed by atoms with Crippen LogP contribution in [0.5, 0.6) is 0 Å².